The molecule has 0 spiro atoms. The van der Waals surface area contributed by atoms with Crippen molar-refractivity contribution in [1.82, 2.24) is 20.3 Å². The Morgan fingerprint density at radius 1 is 1.29 bits per heavy atom. The summed E-state index contributed by atoms with van der Waals surface area (Å²) in [4.78, 5) is 24.3. The highest BCUT2D eigenvalue weighted by Gasteiger charge is 2.28. The van der Waals surface area contributed by atoms with Crippen molar-refractivity contribution in [3.63, 3.8) is 0 Å². The summed E-state index contributed by atoms with van der Waals surface area (Å²) in [6.07, 6.45) is 5.32. The first-order valence-electron chi connectivity index (χ1n) is 7.49. The van der Waals surface area contributed by atoms with Gasteiger partial charge in [-0.25, -0.2) is 18.4 Å². The molecule has 0 saturated carbocycles. The van der Waals surface area contributed by atoms with Gasteiger partial charge in [-0.3, -0.25) is 9.78 Å². The molecule has 0 aliphatic carbocycles. The van der Waals surface area contributed by atoms with Crippen LogP contribution in [-0.4, -0.2) is 46.8 Å². The SMILES string of the molecule is O=C(NCc1cccnc1)c1ccnc(NC2CCS(=O)(=O)C2)n1. The Balaban J connectivity index is 1.61. The maximum atomic E-state index is 12.2. The minimum absolute atomic E-state index is 0.0633. The number of hydrogen-bond donors (Lipinski definition) is 2. The first-order valence-corrected chi connectivity index (χ1v) is 9.31. The normalized spacial score (nSPS) is 18.9. The van der Waals surface area contributed by atoms with Crippen LogP contribution in [0.3, 0.4) is 0 Å². The standard InChI is InChI=1S/C15H17N5O3S/c21-14(18-9-11-2-1-5-16-8-11)13-3-6-17-15(20-13)19-12-4-7-24(22,23)10-12/h1-3,5-6,8,12H,4,7,9-10H2,(H,18,21)(H,17,19,20). The number of amides is 1. The molecule has 9 heteroatoms. The van der Waals surface area contributed by atoms with E-state index in [9.17, 15) is 13.2 Å². The van der Waals surface area contributed by atoms with Gasteiger partial charge in [-0.2, -0.15) is 0 Å². The second kappa shape index (κ2) is 6.91. The van der Waals surface area contributed by atoms with Crippen molar-refractivity contribution in [2.75, 3.05) is 16.8 Å². The van der Waals surface area contributed by atoms with Crippen molar-refractivity contribution >= 4 is 21.7 Å². The molecule has 3 rings (SSSR count). The lowest BCUT2D eigenvalue weighted by molar-refractivity contribution is 0.0946. The average molecular weight is 347 g/mol. The quantitative estimate of drug-likeness (QED) is 0.804. The number of nitrogens with zero attached hydrogens (tertiary/aromatic N) is 3. The lowest BCUT2D eigenvalue weighted by atomic mass is 10.2. The summed E-state index contributed by atoms with van der Waals surface area (Å²) in [6, 6.07) is 4.95. The molecule has 24 heavy (non-hydrogen) atoms. The highest BCUT2D eigenvalue weighted by molar-refractivity contribution is 7.91. The van der Waals surface area contributed by atoms with Crippen LogP contribution in [0.1, 0.15) is 22.5 Å². The zero-order valence-corrected chi connectivity index (χ0v) is 13.7. The van der Waals surface area contributed by atoms with Crippen LogP contribution in [0.5, 0.6) is 0 Å². The summed E-state index contributed by atoms with van der Waals surface area (Å²) >= 11 is 0. The van der Waals surface area contributed by atoms with E-state index in [1.165, 1.54) is 12.3 Å². The Kier molecular flexibility index (Phi) is 4.70. The van der Waals surface area contributed by atoms with Gasteiger partial charge in [-0.15, -0.1) is 0 Å². The largest absolute Gasteiger partial charge is 0.350 e. The van der Waals surface area contributed by atoms with Gasteiger partial charge in [0.15, 0.2) is 9.84 Å². The molecule has 1 saturated heterocycles. The van der Waals surface area contributed by atoms with Gasteiger partial charge in [0.25, 0.3) is 5.91 Å². The number of hydrogen-bond acceptors (Lipinski definition) is 7. The van der Waals surface area contributed by atoms with Crippen LogP contribution >= 0.6 is 0 Å². The molecule has 2 aromatic heterocycles. The fraction of sp³-hybridized carbons (Fsp3) is 0.333. The number of pyridine rings is 1. The van der Waals surface area contributed by atoms with E-state index in [2.05, 4.69) is 25.6 Å². The summed E-state index contributed by atoms with van der Waals surface area (Å²) in [7, 11) is -2.98. The third kappa shape index (κ3) is 4.25. The zero-order chi connectivity index (χ0) is 17.0. The molecule has 1 amide bonds. The topological polar surface area (TPSA) is 114 Å². The van der Waals surface area contributed by atoms with Crippen LogP contribution in [0.2, 0.25) is 0 Å². The molecule has 126 valence electrons. The van der Waals surface area contributed by atoms with E-state index in [-0.39, 0.29) is 35.1 Å². The van der Waals surface area contributed by atoms with E-state index in [1.54, 1.807) is 18.5 Å². The lowest BCUT2D eigenvalue weighted by Crippen LogP contribution is -2.26. The summed E-state index contributed by atoms with van der Waals surface area (Å²) in [6.45, 7) is 0.348. The predicted octanol–water partition coefficient (Wildman–Crippen LogP) is 0.401. The van der Waals surface area contributed by atoms with Crippen LogP contribution in [0, 0.1) is 0 Å². The van der Waals surface area contributed by atoms with Gasteiger partial charge < -0.3 is 10.6 Å². The molecule has 1 atom stereocenters. The number of rotatable bonds is 5. The maximum Gasteiger partial charge on any atom is 0.270 e. The van der Waals surface area contributed by atoms with Crippen molar-refractivity contribution in [3.8, 4) is 0 Å². The third-order valence-corrected chi connectivity index (χ3v) is 5.40. The monoisotopic (exact) mass is 347 g/mol. The smallest absolute Gasteiger partial charge is 0.270 e. The Labute approximate surface area is 139 Å². The van der Waals surface area contributed by atoms with Gasteiger partial charge in [0, 0.05) is 31.2 Å². The van der Waals surface area contributed by atoms with E-state index < -0.39 is 9.84 Å². The summed E-state index contributed by atoms with van der Waals surface area (Å²) in [5.41, 5.74) is 1.10. The average Bonchev–Trinajstić information content (AvgIpc) is 2.92. The fourth-order valence-corrected chi connectivity index (χ4v) is 4.10. The number of aromatic nitrogens is 3. The highest BCUT2D eigenvalue weighted by atomic mass is 32.2. The Hall–Kier alpha value is -2.55. The van der Waals surface area contributed by atoms with Crippen LogP contribution in [-0.2, 0) is 16.4 Å². The van der Waals surface area contributed by atoms with Gasteiger partial charge in [0.05, 0.1) is 11.5 Å². The van der Waals surface area contributed by atoms with E-state index in [1.807, 2.05) is 6.07 Å². The zero-order valence-electron chi connectivity index (χ0n) is 12.8. The van der Waals surface area contributed by atoms with Gasteiger partial charge >= 0.3 is 0 Å². The Bertz CT molecular complexity index is 826. The molecule has 1 unspecified atom stereocenters. The van der Waals surface area contributed by atoms with E-state index in [4.69, 9.17) is 0 Å². The van der Waals surface area contributed by atoms with Crippen molar-refractivity contribution < 1.29 is 13.2 Å². The van der Waals surface area contributed by atoms with E-state index in [0.717, 1.165) is 5.56 Å². The minimum atomic E-state index is -2.98. The van der Waals surface area contributed by atoms with Crippen molar-refractivity contribution in [2.24, 2.45) is 0 Å². The number of sulfone groups is 1. The molecule has 1 aliphatic heterocycles. The minimum Gasteiger partial charge on any atom is -0.350 e. The molecule has 1 fully saturated rings. The Morgan fingerprint density at radius 3 is 2.88 bits per heavy atom. The van der Waals surface area contributed by atoms with Crippen LogP contribution in [0.4, 0.5) is 5.95 Å². The lowest BCUT2D eigenvalue weighted by Gasteiger charge is -2.11. The number of anilines is 1. The van der Waals surface area contributed by atoms with Crippen LogP contribution in [0.15, 0.2) is 36.8 Å². The molecule has 8 nitrogen and oxygen atoms in total. The molecule has 0 bridgehead atoms. The fourth-order valence-electron chi connectivity index (χ4n) is 2.42. The van der Waals surface area contributed by atoms with E-state index >= 15 is 0 Å². The van der Waals surface area contributed by atoms with Crippen molar-refractivity contribution in [1.29, 1.82) is 0 Å². The number of carbonyl (C=O) groups is 1. The maximum absolute atomic E-state index is 12.2. The first-order chi connectivity index (χ1) is 11.5. The van der Waals surface area contributed by atoms with Gasteiger partial charge in [0.2, 0.25) is 5.95 Å². The molecular formula is C15H17N5O3S. The van der Waals surface area contributed by atoms with Gasteiger partial charge in [-0.1, -0.05) is 6.07 Å². The summed E-state index contributed by atoms with van der Waals surface area (Å²) in [5, 5.41) is 5.73. The van der Waals surface area contributed by atoms with Gasteiger partial charge in [-0.05, 0) is 24.1 Å². The second-order valence-corrected chi connectivity index (χ2v) is 7.78. The number of nitrogens with one attached hydrogen (secondary N) is 2. The molecule has 1 aliphatic rings. The molecule has 0 aromatic carbocycles. The molecule has 2 aromatic rings. The molecular weight excluding hydrogens is 330 g/mol. The summed E-state index contributed by atoms with van der Waals surface area (Å²) < 4.78 is 23.0. The molecule has 3 heterocycles. The van der Waals surface area contributed by atoms with Crippen LogP contribution in [0.25, 0.3) is 0 Å². The number of carbonyl (C=O) groups excluding carboxylic acids is 1. The van der Waals surface area contributed by atoms with Crippen molar-refractivity contribution in [2.45, 2.75) is 19.0 Å². The Morgan fingerprint density at radius 2 is 2.17 bits per heavy atom. The second-order valence-electron chi connectivity index (χ2n) is 5.55. The van der Waals surface area contributed by atoms with Crippen molar-refractivity contribution in [3.05, 3.63) is 48.0 Å². The summed E-state index contributed by atoms with van der Waals surface area (Å²) in [5.74, 6) is 0.151. The highest BCUT2D eigenvalue weighted by Crippen LogP contribution is 2.15. The predicted molar refractivity (Wildman–Crippen MR) is 88.1 cm³/mol. The third-order valence-electron chi connectivity index (χ3n) is 3.63. The van der Waals surface area contributed by atoms with Crippen LogP contribution < -0.4 is 10.6 Å². The first kappa shape index (κ1) is 16.3. The van der Waals surface area contributed by atoms with E-state index in [0.29, 0.717) is 13.0 Å². The molecule has 2 N–H and O–H groups in total. The molecule has 0 radical (unpaired) electrons. The van der Waals surface area contributed by atoms with Gasteiger partial charge in [0.1, 0.15) is 5.69 Å².